The summed E-state index contributed by atoms with van der Waals surface area (Å²) in [5.74, 6) is -0.760. The van der Waals surface area contributed by atoms with E-state index in [1.165, 1.54) is 6.92 Å². The molecule has 0 fully saturated rings. The van der Waals surface area contributed by atoms with Gasteiger partial charge in [-0.2, -0.15) is 0 Å². The van der Waals surface area contributed by atoms with E-state index in [0.29, 0.717) is 12.6 Å². The fourth-order valence-electron chi connectivity index (χ4n) is 0.972. The average Bonchev–Trinajstić information content (AvgIpc) is 2.22. The number of sulfonamides is 1. The van der Waals surface area contributed by atoms with Gasteiger partial charge in [0.2, 0.25) is 10.0 Å². The lowest BCUT2D eigenvalue weighted by Gasteiger charge is -2.13. The summed E-state index contributed by atoms with van der Waals surface area (Å²) < 4.78 is 29.8. The zero-order chi connectivity index (χ0) is 12.8. The second-order valence-corrected chi connectivity index (χ2v) is 5.80. The zero-order valence-electron chi connectivity index (χ0n) is 10.1. The van der Waals surface area contributed by atoms with E-state index in [-0.39, 0.29) is 6.54 Å². The van der Waals surface area contributed by atoms with E-state index >= 15 is 0 Å². The van der Waals surface area contributed by atoms with E-state index in [0.717, 1.165) is 7.11 Å². The molecule has 0 saturated heterocycles. The first kappa shape index (κ1) is 15.3. The Hall–Kier alpha value is -0.660. The molecule has 0 heterocycles. The summed E-state index contributed by atoms with van der Waals surface area (Å²) in [6.45, 7) is 5.99. The number of carbonyl (C=O) groups is 1. The third-order valence-corrected chi connectivity index (χ3v) is 3.71. The van der Waals surface area contributed by atoms with Crippen LogP contribution in [0.5, 0.6) is 0 Å². The Morgan fingerprint density at radius 2 is 1.81 bits per heavy atom. The summed E-state index contributed by atoms with van der Waals surface area (Å²) in [4.78, 5) is 11.0. The number of rotatable bonds is 7. The Bertz CT molecular complexity index is 313. The largest absolute Gasteiger partial charge is 0.468 e. The molecule has 7 heteroatoms. The molecule has 0 aliphatic carbocycles. The van der Waals surface area contributed by atoms with Crippen LogP contribution < -0.4 is 10.0 Å². The third kappa shape index (κ3) is 5.43. The van der Waals surface area contributed by atoms with Crippen LogP contribution in [-0.4, -0.2) is 45.9 Å². The highest BCUT2D eigenvalue weighted by molar-refractivity contribution is 7.90. The van der Waals surface area contributed by atoms with E-state index in [4.69, 9.17) is 0 Å². The van der Waals surface area contributed by atoms with Crippen LogP contribution in [0.4, 0.5) is 0 Å². The maximum Gasteiger partial charge on any atom is 0.325 e. The summed E-state index contributed by atoms with van der Waals surface area (Å²) in [7, 11) is -2.47. The van der Waals surface area contributed by atoms with Crippen LogP contribution in [0.15, 0.2) is 0 Å². The van der Waals surface area contributed by atoms with Gasteiger partial charge in [-0.05, 0) is 6.92 Å². The topological polar surface area (TPSA) is 84.5 Å². The van der Waals surface area contributed by atoms with Crippen molar-refractivity contribution in [1.82, 2.24) is 10.0 Å². The van der Waals surface area contributed by atoms with Crippen LogP contribution in [0.2, 0.25) is 0 Å². The lowest BCUT2D eigenvalue weighted by atomic mass is 10.4. The number of methoxy groups -OCH3 is 1. The van der Waals surface area contributed by atoms with Crippen molar-refractivity contribution >= 4 is 16.0 Å². The SMILES string of the molecule is COC(=O)C(C)S(=O)(=O)NCCNC(C)C. The van der Waals surface area contributed by atoms with Gasteiger partial charge in [0.15, 0.2) is 5.25 Å². The van der Waals surface area contributed by atoms with E-state index in [1.54, 1.807) is 0 Å². The molecular formula is C9H20N2O4S. The second kappa shape index (κ2) is 6.82. The smallest absolute Gasteiger partial charge is 0.325 e. The molecule has 6 nitrogen and oxygen atoms in total. The van der Waals surface area contributed by atoms with E-state index < -0.39 is 21.2 Å². The maximum atomic E-state index is 11.5. The normalized spacial score (nSPS) is 13.8. The molecule has 0 rings (SSSR count). The Balaban J connectivity index is 4.10. The molecule has 0 spiro atoms. The number of hydrogen-bond acceptors (Lipinski definition) is 5. The van der Waals surface area contributed by atoms with Crippen LogP contribution in [-0.2, 0) is 19.6 Å². The Morgan fingerprint density at radius 3 is 2.25 bits per heavy atom. The molecular weight excluding hydrogens is 232 g/mol. The van der Waals surface area contributed by atoms with Gasteiger partial charge >= 0.3 is 5.97 Å². The molecule has 0 amide bonds. The highest BCUT2D eigenvalue weighted by Gasteiger charge is 2.28. The molecule has 1 unspecified atom stereocenters. The number of esters is 1. The van der Waals surface area contributed by atoms with Crippen LogP contribution in [0, 0.1) is 0 Å². The van der Waals surface area contributed by atoms with Gasteiger partial charge in [0.1, 0.15) is 0 Å². The van der Waals surface area contributed by atoms with Gasteiger partial charge in [-0.1, -0.05) is 13.8 Å². The number of nitrogens with one attached hydrogen (secondary N) is 2. The molecule has 1 atom stereocenters. The summed E-state index contributed by atoms with van der Waals surface area (Å²) in [5, 5.41) is 1.87. The predicted molar refractivity (Wildman–Crippen MR) is 61.5 cm³/mol. The van der Waals surface area contributed by atoms with Crippen molar-refractivity contribution in [2.24, 2.45) is 0 Å². The minimum Gasteiger partial charge on any atom is -0.468 e. The first-order chi connectivity index (χ1) is 7.31. The molecule has 0 aliphatic heterocycles. The van der Waals surface area contributed by atoms with Gasteiger partial charge in [0, 0.05) is 19.1 Å². The molecule has 16 heavy (non-hydrogen) atoms. The lowest BCUT2D eigenvalue weighted by molar-refractivity contribution is -0.139. The van der Waals surface area contributed by atoms with E-state index in [1.807, 2.05) is 13.8 Å². The van der Waals surface area contributed by atoms with Gasteiger partial charge in [-0.3, -0.25) is 4.79 Å². The van der Waals surface area contributed by atoms with E-state index in [9.17, 15) is 13.2 Å². The molecule has 0 aromatic heterocycles. The number of ether oxygens (including phenoxy) is 1. The first-order valence-electron chi connectivity index (χ1n) is 5.11. The fourth-order valence-corrected chi connectivity index (χ4v) is 1.96. The molecule has 0 aromatic rings. The molecule has 0 aliphatic rings. The third-order valence-electron chi connectivity index (χ3n) is 1.98. The van der Waals surface area contributed by atoms with Gasteiger partial charge in [0.05, 0.1) is 7.11 Å². The maximum absolute atomic E-state index is 11.5. The molecule has 0 radical (unpaired) electrons. The van der Waals surface area contributed by atoms with Crippen LogP contribution in [0.3, 0.4) is 0 Å². The molecule has 0 saturated carbocycles. The van der Waals surface area contributed by atoms with Crippen molar-refractivity contribution in [2.45, 2.75) is 32.1 Å². The Kier molecular flexibility index (Phi) is 6.54. The molecule has 0 bridgehead atoms. The quantitative estimate of drug-likeness (QED) is 0.470. The van der Waals surface area contributed by atoms with Crippen molar-refractivity contribution in [2.75, 3.05) is 20.2 Å². The molecule has 2 N–H and O–H groups in total. The van der Waals surface area contributed by atoms with Gasteiger partial charge < -0.3 is 10.1 Å². The summed E-state index contributed by atoms with van der Waals surface area (Å²) in [6.07, 6.45) is 0. The molecule has 0 aromatic carbocycles. The standard InChI is InChI=1S/C9H20N2O4S/c1-7(2)10-5-6-11-16(13,14)8(3)9(12)15-4/h7-8,10-11H,5-6H2,1-4H3. The summed E-state index contributed by atoms with van der Waals surface area (Å²) in [5.41, 5.74) is 0. The van der Waals surface area contributed by atoms with Gasteiger partial charge in [0.25, 0.3) is 0 Å². The number of carbonyl (C=O) groups excluding carboxylic acids is 1. The fraction of sp³-hybridized carbons (Fsp3) is 0.889. The minimum absolute atomic E-state index is 0.252. The van der Waals surface area contributed by atoms with Crippen molar-refractivity contribution < 1.29 is 17.9 Å². The number of hydrogen-bond donors (Lipinski definition) is 2. The van der Waals surface area contributed by atoms with Crippen LogP contribution in [0.1, 0.15) is 20.8 Å². The summed E-state index contributed by atoms with van der Waals surface area (Å²) >= 11 is 0. The minimum atomic E-state index is -3.63. The average molecular weight is 252 g/mol. The van der Waals surface area contributed by atoms with E-state index in [2.05, 4.69) is 14.8 Å². The zero-order valence-corrected chi connectivity index (χ0v) is 10.9. The van der Waals surface area contributed by atoms with Crippen molar-refractivity contribution in [1.29, 1.82) is 0 Å². The highest BCUT2D eigenvalue weighted by Crippen LogP contribution is 1.99. The second-order valence-electron chi connectivity index (χ2n) is 3.71. The van der Waals surface area contributed by atoms with Crippen LogP contribution >= 0.6 is 0 Å². The Labute approximate surface area is 96.8 Å². The van der Waals surface area contributed by atoms with Gasteiger partial charge in [-0.15, -0.1) is 0 Å². The Morgan fingerprint density at radius 1 is 1.25 bits per heavy atom. The van der Waals surface area contributed by atoms with Crippen LogP contribution in [0.25, 0.3) is 0 Å². The predicted octanol–water partition coefficient (Wildman–Crippen LogP) is -0.535. The van der Waals surface area contributed by atoms with Gasteiger partial charge in [-0.25, -0.2) is 13.1 Å². The van der Waals surface area contributed by atoms with Crippen molar-refractivity contribution in [3.8, 4) is 0 Å². The monoisotopic (exact) mass is 252 g/mol. The highest BCUT2D eigenvalue weighted by atomic mass is 32.2. The van der Waals surface area contributed by atoms with Crippen molar-refractivity contribution in [3.05, 3.63) is 0 Å². The van der Waals surface area contributed by atoms with Crippen molar-refractivity contribution in [3.63, 3.8) is 0 Å². The molecule has 96 valence electrons. The first-order valence-corrected chi connectivity index (χ1v) is 6.65. The lowest BCUT2D eigenvalue weighted by Crippen LogP contribution is -2.41. The summed E-state index contributed by atoms with van der Waals surface area (Å²) in [6, 6.07) is 0.294.